The summed E-state index contributed by atoms with van der Waals surface area (Å²) in [7, 11) is 0. The number of benzene rings is 1. The molecule has 3 N–H and O–H groups in total. The van der Waals surface area contributed by atoms with Gasteiger partial charge >= 0.3 is 5.69 Å². The maximum atomic E-state index is 12.7. The zero-order valence-corrected chi connectivity index (χ0v) is 16.8. The second-order valence-corrected chi connectivity index (χ2v) is 7.81. The molecular weight excluding hydrogens is 374 g/mol. The number of nitrogens with zero attached hydrogens (tertiary/aromatic N) is 1. The number of aromatic nitrogens is 2. The first-order valence-corrected chi connectivity index (χ1v) is 9.75. The van der Waals surface area contributed by atoms with E-state index in [1.807, 2.05) is 51.1 Å². The summed E-state index contributed by atoms with van der Waals surface area (Å²) in [5.74, 6) is -0.183. The number of H-pyrrole nitrogens is 1. The molecule has 3 atom stereocenters. The summed E-state index contributed by atoms with van der Waals surface area (Å²) in [5, 5.41) is 13.2. The van der Waals surface area contributed by atoms with Crippen molar-refractivity contribution in [3.63, 3.8) is 0 Å². The van der Waals surface area contributed by atoms with E-state index in [1.54, 1.807) is 0 Å². The Labute approximate surface area is 168 Å². The Bertz CT molecular complexity index is 980. The molecule has 29 heavy (non-hydrogen) atoms. The van der Waals surface area contributed by atoms with Crippen molar-refractivity contribution in [3.05, 3.63) is 68.5 Å². The van der Waals surface area contributed by atoms with Gasteiger partial charge in [-0.1, -0.05) is 37.3 Å². The first kappa shape index (κ1) is 21.0. The van der Waals surface area contributed by atoms with Crippen LogP contribution in [0.3, 0.4) is 0 Å². The van der Waals surface area contributed by atoms with Gasteiger partial charge in [-0.25, -0.2) is 4.79 Å². The molecule has 1 unspecified atom stereocenters. The van der Waals surface area contributed by atoms with E-state index in [9.17, 15) is 19.5 Å². The Morgan fingerprint density at radius 3 is 2.66 bits per heavy atom. The van der Waals surface area contributed by atoms with Gasteiger partial charge < -0.3 is 15.2 Å². The second kappa shape index (κ2) is 8.34. The number of aryl methyl sites for hydroxylation is 1. The van der Waals surface area contributed by atoms with Crippen molar-refractivity contribution in [2.75, 3.05) is 6.54 Å². The highest BCUT2D eigenvalue weighted by molar-refractivity contribution is 5.87. The number of carbonyl (C=O) groups excluding carboxylic acids is 1. The summed E-state index contributed by atoms with van der Waals surface area (Å²) < 4.78 is 7.12. The highest BCUT2D eigenvalue weighted by Crippen LogP contribution is 2.28. The fourth-order valence-corrected chi connectivity index (χ4v) is 3.46. The van der Waals surface area contributed by atoms with Crippen LogP contribution in [0, 0.1) is 0 Å². The van der Waals surface area contributed by atoms with Crippen LogP contribution < -0.4 is 16.6 Å². The Morgan fingerprint density at radius 2 is 2.00 bits per heavy atom. The lowest BCUT2D eigenvalue weighted by Gasteiger charge is -2.25. The number of rotatable bonds is 6. The maximum absolute atomic E-state index is 12.7. The maximum Gasteiger partial charge on any atom is 0.330 e. The van der Waals surface area contributed by atoms with E-state index in [1.165, 1.54) is 10.8 Å². The molecular formula is C21H27N3O5. The van der Waals surface area contributed by atoms with E-state index in [4.69, 9.17) is 4.74 Å². The third-order valence-electron chi connectivity index (χ3n) is 5.46. The van der Waals surface area contributed by atoms with Crippen molar-refractivity contribution in [2.45, 2.75) is 57.5 Å². The van der Waals surface area contributed by atoms with Crippen molar-refractivity contribution in [3.8, 4) is 0 Å². The Hall–Kier alpha value is -2.71. The first-order valence-electron chi connectivity index (χ1n) is 9.75. The minimum absolute atomic E-state index is 0.117. The molecule has 1 amide bonds. The van der Waals surface area contributed by atoms with Crippen LogP contribution in [0.5, 0.6) is 0 Å². The molecule has 3 rings (SSSR count). The lowest BCUT2D eigenvalue weighted by atomic mass is 9.83. The second-order valence-electron chi connectivity index (χ2n) is 7.81. The molecule has 1 saturated heterocycles. The van der Waals surface area contributed by atoms with Crippen LogP contribution in [0.25, 0.3) is 0 Å². The van der Waals surface area contributed by atoms with Gasteiger partial charge in [-0.15, -0.1) is 0 Å². The lowest BCUT2D eigenvalue weighted by molar-refractivity contribution is -0.126. The van der Waals surface area contributed by atoms with Gasteiger partial charge in [0, 0.05) is 24.7 Å². The van der Waals surface area contributed by atoms with E-state index in [0.29, 0.717) is 12.0 Å². The van der Waals surface area contributed by atoms with Crippen molar-refractivity contribution in [2.24, 2.45) is 0 Å². The topological polar surface area (TPSA) is 113 Å². The number of aromatic amines is 1. The molecule has 1 aliphatic rings. The molecule has 1 aromatic heterocycles. The number of hydrogen-bond acceptors (Lipinski definition) is 5. The van der Waals surface area contributed by atoms with E-state index in [2.05, 4.69) is 10.3 Å². The molecule has 1 fully saturated rings. The number of aliphatic hydroxyl groups excluding tert-OH is 1. The average Bonchev–Trinajstić information content (AvgIpc) is 3.07. The molecule has 0 spiro atoms. The summed E-state index contributed by atoms with van der Waals surface area (Å²) in [6.07, 6.45) is -0.0681. The summed E-state index contributed by atoms with van der Waals surface area (Å²) in [4.78, 5) is 38.9. The average molecular weight is 401 g/mol. The molecule has 0 bridgehead atoms. The molecule has 8 nitrogen and oxygen atoms in total. The molecule has 8 heteroatoms. The normalized spacial score (nSPS) is 21.9. The molecule has 0 radical (unpaired) electrons. The minimum atomic E-state index is -0.843. The van der Waals surface area contributed by atoms with Crippen LogP contribution in [0.15, 0.2) is 46.1 Å². The largest absolute Gasteiger partial charge is 0.390 e. The molecule has 2 aromatic rings. The monoisotopic (exact) mass is 401 g/mol. The molecule has 2 heterocycles. The number of amides is 1. The zero-order valence-electron chi connectivity index (χ0n) is 16.8. The van der Waals surface area contributed by atoms with Crippen molar-refractivity contribution >= 4 is 5.91 Å². The molecule has 0 saturated carbocycles. The number of hydrogen-bond donors (Lipinski definition) is 3. The standard InChI is InChI=1S/C21H27N3O5/c1-4-13-12-24(20(28)23-18(13)26)17-10-15(25)16(29-17)11-22-19(27)21(2,3)14-8-6-5-7-9-14/h5-9,12,15-17,25H,4,10-11H2,1-3H3,(H,22,27)(H,23,26,28)/t15?,16-,17-/m0/s1. The van der Waals surface area contributed by atoms with Crippen molar-refractivity contribution in [1.29, 1.82) is 0 Å². The fourth-order valence-electron chi connectivity index (χ4n) is 3.46. The summed E-state index contributed by atoms with van der Waals surface area (Å²) in [6, 6.07) is 9.44. The third-order valence-corrected chi connectivity index (χ3v) is 5.46. The van der Waals surface area contributed by atoms with Crippen LogP contribution in [0.4, 0.5) is 0 Å². The fraction of sp³-hybridized carbons (Fsp3) is 0.476. The van der Waals surface area contributed by atoms with Gasteiger partial charge in [0.2, 0.25) is 5.91 Å². The molecule has 0 aliphatic carbocycles. The predicted octanol–water partition coefficient (Wildman–Crippen LogP) is 0.841. The Morgan fingerprint density at radius 1 is 1.31 bits per heavy atom. The van der Waals surface area contributed by atoms with Gasteiger partial charge in [0.05, 0.1) is 11.5 Å². The molecule has 1 aliphatic heterocycles. The van der Waals surface area contributed by atoms with Gasteiger partial charge in [-0.05, 0) is 25.8 Å². The van der Waals surface area contributed by atoms with Gasteiger partial charge in [0.15, 0.2) is 0 Å². The Kier molecular flexibility index (Phi) is 6.04. The number of nitrogens with one attached hydrogen (secondary N) is 2. The van der Waals surface area contributed by atoms with Gasteiger partial charge in [0.1, 0.15) is 12.3 Å². The summed E-state index contributed by atoms with van der Waals surface area (Å²) in [5.41, 5.74) is -0.395. The van der Waals surface area contributed by atoms with Crippen LogP contribution >= 0.6 is 0 Å². The smallest absolute Gasteiger partial charge is 0.330 e. The minimum Gasteiger partial charge on any atom is -0.390 e. The lowest BCUT2D eigenvalue weighted by Crippen LogP contribution is -2.45. The quantitative estimate of drug-likeness (QED) is 0.664. The van der Waals surface area contributed by atoms with Crippen LogP contribution in [-0.2, 0) is 21.4 Å². The number of ether oxygens (including phenoxy) is 1. The van der Waals surface area contributed by atoms with E-state index >= 15 is 0 Å². The first-order chi connectivity index (χ1) is 13.7. The van der Waals surface area contributed by atoms with Crippen molar-refractivity contribution in [1.82, 2.24) is 14.9 Å². The van der Waals surface area contributed by atoms with E-state index in [0.717, 1.165) is 5.56 Å². The SMILES string of the molecule is CCc1cn([C@@H]2CC(O)[C@H](CNC(=O)C(C)(C)c3ccccc3)O2)c(=O)[nH]c1=O. The van der Waals surface area contributed by atoms with E-state index in [-0.39, 0.29) is 18.9 Å². The van der Waals surface area contributed by atoms with Crippen LogP contribution in [0.1, 0.15) is 44.5 Å². The highest BCUT2D eigenvalue weighted by Gasteiger charge is 2.37. The Balaban J connectivity index is 1.67. The van der Waals surface area contributed by atoms with Gasteiger partial charge in [-0.2, -0.15) is 0 Å². The van der Waals surface area contributed by atoms with Crippen LogP contribution in [-0.4, -0.2) is 39.3 Å². The predicted molar refractivity (Wildman–Crippen MR) is 108 cm³/mol. The van der Waals surface area contributed by atoms with Gasteiger partial charge in [0.25, 0.3) is 5.56 Å². The van der Waals surface area contributed by atoms with Gasteiger partial charge in [-0.3, -0.25) is 19.1 Å². The number of aliphatic hydroxyl groups is 1. The molecule has 1 aromatic carbocycles. The third kappa shape index (κ3) is 4.33. The van der Waals surface area contributed by atoms with E-state index < -0.39 is 35.1 Å². The summed E-state index contributed by atoms with van der Waals surface area (Å²) in [6.45, 7) is 5.60. The van der Waals surface area contributed by atoms with Crippen LogP contribution in [0.2, 0.25) is 0 Å². The highest BCUT2D eigenvalue weighted by atomic mass is 16.5. The molecule has 156 valence electrons. The summed E-state index contributed by atoms with van der Waals surface area (Å²) >= 11 is 0. The zero-order chi connectivity index (χ0) is 21.2. The van der Waals surface area contributed by atoms with Crippen molar-refractivity contribution < 1.29 is 14.6 Å². The number of carbonyl (C=O) groups is 1.